The summed E-state index contributed by atoms with van der Waals surface area (Å²) in [6.07, 6.45) is 7.99. The predicted octanol–water partition coefficient (Wildman–Crippen LogP) is 6.73. The fraction of sp³-hybridized carbons (Fsp3) is 0.536. The van der Waals surface area contributed by atoms with Crippen LogP contribution in [-0.4, -0.2) is 10.9 Å². The molecule has 2 heteroatoms. The highest BCUT2D eigenvalue weighted by molar-refractivity contribution is 5.78. The Morgan fingerprint density at radius 1 is 0.900 bits per heavy atom. The molecule has 0 heterocycles. The van der Waals surface area contributed by atoms with E-state index in [1.54, 1.807) is 6.92 Å². The van der Waals surface area contributed by atoms with Crippen LogP contribution < -0.4 is 0 Å². The minimum Gasteiger partial charge on any atom is -0.508 e. The lowest BCUT2D eigenvalue weighted by atomic mass is 9.46. The SMILES string of the molecule is CCC12CC(CC(C)(c3ccc(O)cc3)C1)CC(C)(c1ccc(CC(C)=O)cc1)C2. The number of phenols is 1. The molecule has 2 saturated carbocycles. The molecule has 4 rings (SSSR count). The van der Waals surface area contributed by atoms with Crippen molar-refractivity contribution in [2.24, 2.45) is 11.3 Å². The van der Waals surface area contributed by atoms with Crippen molar-refractivity contribution in [3.63, 3.8) is 0 Å². The van der Waals surface area contributed by atoms with Crippen molar-refractivity contribution in [2.75, 3.05) is 0 Å². The molecule has 1 N–H and O–H groups in total. The van der Waals surface area contributed by atoms with E-state index in [9.17, 15) is 9.90 Å². The normalized spacial score (nSPS) is 33.3. The average molecular weight is 405 g/mol. The molecular formula is C28H36O2. The van der Waals surface area contributed by atoms with Crippen molar-refractivity contribution in [3.8, 4) is 5.75 Å². The lowest BCUT2D eigenvalue weighted by Gasteiger charge is -2.58. The smallest absolute Gasteiger partial charge is 0.134 e. The molecule has 2 nitrogen and oxygen atoms in total. The fourth-order valence-electron chi connectivity index (χ4n) is 7.12. The minimum atomic E-state index is 0.180. The number of Topliss-reactive ketones (excluding diaryl/α,β-unsaturated/α-hetero) is 1. The molecule has 2 aliphatic carbocycles. The number of rotatable bonds is 5. The zero-order valence-electron chi connectivity index (χ0n) is 19.0. The van der Waals surface area contributed by atoms with Crippen LogP contribution in [0.4, 0.5) is 0 Å². The van der Waals surface area contributed by atoms with Crippen molar-refractivity contribution in [2.45, 2.75) is 83.5 Å². The maximum absolute atomic E-state index is 11.5. The van der Waals surface area contributed by atoms with Crippen LogP contribution in [0.5, 0.6) is 5.75 Å². The van der Waals surface area contributed by atoms with E-state index in [1.807, 2.05) is 12.1 Å². The van der Waals surface area contributed by atoms with Gasteiger partial charge in [0.2, 0.25) is 0 Å². The number of hydrogen-bond donors (Lipinski definition) is 1. The monoisotopic (exact) mass is 404 g/mol. The summed E-state index contributed by atoms with van der Waals surface area (Å²) in [6.45, 7) is 8.94. The zero-order chi connectivity index (χ0) is 21.6. The van der Waals surface area contributed by atoms with E-state index >= 15 is 0 Å². The molecule has 2 fully saturated rings. The van der Waals surface area contributed by atoms with E-state index in [2.05, 4.69) is 57.2 Å². The van der Waals surface area contributed by atoms with Crippen LogP contribution in [0.15, 0.2) is 48.5 Å². The van der Waals surface area contributed by atoms with Gasteiger partial charge in [0.15, 0.2) is 0 Å². The molecule has 0 saturated heterocycles. The highest BCUT2D eigenvalue weighted by Crippen LogP contribution is 2.62. The van der Waals surface area contributed by atoms with E-state index in [4.69, 9.17) is 0 Å². The molecule has 2 aromatic carbocycles. The summed E-state index contributed by atoms with van der Waals surface area (Å²) in [7, 11) is 0. The molecule has 0 aliphatic heterocycles. The first-order chi connectivity index (χ1) is 14.2. The highest BCUT2D eigenvalue weighted by Gasteiger charge is 2.53. The Labute approximate surface area is 181 Å². The van der Waals surface area contributed by atoms with E-state index in [0.29, 0.717) is 23.5 Å². The molecule has 4 atom stereocenters. The Morgan fingerprint density at radius 3 is 1.87 bits per heavy atom. The third-order valence-corrected chi connectivity index (χ3v) is 8.15. The van der Waals surface area contributed by atoms with Gasteiger partial charge in [0.1, 0.15) is 11.5 Å². The van der Waals surface area contributed by atoms with Gasteiger partial charge in [0.25, 0.3) is 0 Å². The molecule has 0 amide bonds. The number of hydrogen-bond acceptors (Lipinski definition) is 2. The Kier molecular flexibility index (Phi) is 5.33. The first-order valence-electron chi connectivity index (χ1n) is 11.5. The van der Waals surface area contributed by atoms with Crippen molar-refractivity contribution < 1.29 is 9.90 Å². The third kappa shape index (κ3) is 3.94. The first-order valence-corrected chi connectivity index (χ1v) is 11.5. The standard InChI is InChI=1S/C28H36O2/c1-5-28-17-22(16-27(4,19-28)24-10-12-25(30)13-11-24)15-26(3,18-28)23-8-6-21(7-9-23)14-20(2)29/h6-13,22,30H,5,14-19H2,1-4H3. The molecule has 2 aliphatic rings. The van der Waals surface area contributed by atoms with Gasteiger partial charge in [-0.3, -0.25) is 4.79 Å². The summed E-state index contributed by atoms with van der Waals surface area (Å²) >= 11 is 0. The van der Waals surface area contributed by atoms with Crippen molar-refractivity contribution in [1.82, 2.24) is 0 Å². The van der Waals surface area contributed by atoms with Crippen LogP contribution >= 0.6 is 0 Å². The third-order valence-electron chi connectivity index (χ3n) is 8.15. The van der Waals surface area contributed by atoms with Gasteiger partial charge in [-0.15, -0.1) is 0 Å². The lowest BCUT2D eigenvalue weighted by molar-refractivity contribution is -0.116. The Bertz CT molecular complexity index is 913. The quantitative estimate of drug-likeness (QED) is 0.600. The van der Waals surface area contributed by atoms with Gasteiger partial charge < -0.3 is 5.11 Å². The second kappa shape index (κ2) is 7.55. The number of aromatic hydroxyl groups is 1. The largest absolute Gasteiger partial charge is 0.508 e. The summed E-state index contributed by atoms with van der Waals surface area (Å²) in [6, 6.07) is 16.8. The number of carbonyl (C=O) groups is 1. The number of fused-ring (bicyclic) bond motifs is 2. The summed E-state index contributed by atoms with van der Waals surface area (Å²) in [5.41, 5.74) is 4.67. The van der Waals surface area contributed by atoms with Crippen molar-refractivity contribution in [3.05, 3.63) is 65.2 Å². The average Bonchev–Trinajstić information content (AvgIpc) is 2.67. The van der Waals surface area contributed by atoms with E-state index in [1.165, 1.54) is 49.7 Å². The van der Waals surface area contributed by atoms with Crippen LogP contribution in [0.1, 0.15) is 82.9 Å². The number of phenolic OH excluding ortho intramolecular Hbond substituents is 1. The van der Waals surface area contributed by atoms with Gasteiger partial charge in [0.05, 0.1) is 0 Å². The minimum absolute atomic E-state index is 0.180. The molecule has 4 unspecified atom stereocenters. The van der Waals surface area contributed by atoms with Gasteiger partial charge in [0, 0.05) is 6.42 Å². The van der Waals surface area contributed by atoms with E-state index in [-0.39, 0.29) is 16.6 Å². The van der Waals surface area contributed by atoms with Crippen LogP contribution in [0, 0.1) is 11.3 Å². The summed E-state index contributed by atoms with van der Waals surface area (Å²) in [5, 5.41) is 9.74. The van der Waals surface area contributed by atoms with Crippen LogP contribution in [0.3, 0.4) is 0 Å². The second-order valence-corrected chi connectivity index (χ2v) is 10.9. The van der Waals surface area contributed by atoms with Crippen LogP contribution in [0.2, 0.25) is 0 Å². The molecule has 2 bridgehead atoms. The molecule has 0 radical (unpaired) electrons. The maximum atomic E-state index is 11.5. The lowest BCUT2D eigenvalue weighted by Crippen LogP contribution is -2.50. The highest BCUT2D eigenvalue weighted by atomic mass is 16.3. The molecular weight excluding hydrogens is 368 g/mol. The summed E-state index contributed by atoms with van der Waals surface area (Å²) < 4.78 is 0. The Balaban J connectivity index is 1.62. The van der Waals surface area contributed by atoms with Crippen molar-refractivity contribution >= 4 is 5.78 Å². The van der Waals surface area contributed by atoms with Gasteiger partial charge in [-0.25, -0.2) is 0 Å². The van der Waals surface area contributed by atoms with E-state index < -0.39 is 0 Å². The topological polar surface area (TPSA) is 37.3 Å². The molecule has 2 aromatic rings. The summed E-state index contributed by atoms with van der Waals surface area (Å²) in [5.74, 6) is 1.29. The Morgan fingerprint density at radius 2 is 1.40 bits per heavy atom. The first kappa shape index (κ1) is 21.2. The molecule has 0 spiro atoms. The number of ketones is 1. The van der Waals surface area contributed by atoms with Gasteiger partial charge in [-0.05, 0) is 90.0 Å². The molecule has 160 valence electrons. The number of benzene rings is 2. The van der Waals surface area contributed by atoms with E-state index in [0.717, 1.165) is 5.56 Å². The van der Waals surface area contributed by atoms with Gasteiger partial charge in [-0.2, -0.15) is 0 Å². The molecule has 0 aromatic heterocycles. The van der Waals surface area contributed by atoms with Crippen LogP contribution in [-0.2, 0) is 22.0 Å². The van der Waals surface area contributed by atoms with Crippen LogP contribution in [0.25, 0.3) is 0 Å². The fourth-order valence-corrected chi connectivity index (χ4v) is 7.12. The summed E-state index contributed by atoms with van der Waals surface area (Å²) in [4.78, 5) is 11.5. The second-order valence-electron chi connectivity index (χ2n) is 10.9. The van der Waals surface area contributed by atoms with Crippen molar-refractivity contribution in [1.29, 1.82) is 0 Å². The predicted molar refractivity (Wildman–Crippen MR) is 123 cm³/mol. The van der Waals surface area contributed by atoms with Gasteiger partial charge >= 0.3 is 0 Å². The molecule has 30 heavy (non-hydrogen) atoms. The number of carbonyl (C=O) groups excluding carboxylic acids is 1. The zero-order valence-corrected chi connectivity index (χ0v) is 19.0. The maximum Gasteiger partial charge on any atom is 0.134 e. The van der Waals surface area contributed by atoms with Gasteiger partial charge in [-0.1, -0.05) is 63.6 Å². The Hall–Kier alpha value is -2.09.